The maximum Gasteiger partial charge on any atom is 0.291 e. The summed E-state index contributed by atoms with van der Waals surface area (Å²) in [6.45, 7) is 0. The second kappa shape index (κ2) is 10.4. The third-order valence-corrected chi connectivity index (χ3v) is 5.05. The lowest BCUT2D eigenvalue weighted by Gasteiger charge is -2.14. The van der Waals surface area contributed by atoms with Crippen molar-refractivity contribution < 1.29 is 32.4 Å². The second-order valence-corrected chi connectivity index (χ2v) is 7.63. The number of amides is 3. The molecule has 10 nitrogen and oxygen atoms in total. The topological polar surface area (TPSA) is 136 Å². The molecule has 2 aromatic carbocycles. The van der Waals surface area contributed by atoms with E-state index in [0.717, 1.165) is 0 Å². The summed E-state index contributed by atoms with van der Waals surface area (Å²) >= 11 is 0. The van der Waals surface area contributed by atoms with Crippen molar-refractivity contribution in [2.24, 2.45) is 0 Å². The minimum absolute atomic E-state index is 0.0923. The van der Waals surface area contributed by atoms with Gasteiger partial charge in [-0.2, -0.15) is 0 Å². The SMILES string of the molecule is O=C(Nc1cccc(Oc2ccc(NC(=O)c3ccco3)c(NC(=O)c3ccco3)c2)c1)c1ccco1. The first-order valence-electron chi connectivity index (χ1n) is 11.0. The van der Waals surface area contributed by atoms with Crippen LogP contribution in [0.15, 0.2) is 111 Å². The lowest BCUT2D eigenvalue weighted by Crippen LogP contribution is -2.16. The molecule has 0 saturated heterocycles. The summed E-state index contributed by atoms with van der Waals surface area (Å²) in [6, 6.07) is 20.9. The zero-order valence-electron chi connectivity index (χ0n) is 19.1. The van der Waals surface area contributed by atoms with Gasteiger partial charge in [0.25, 0.3) is 17.7 Å². The van der Waals surface area contributed by atoms with E-state index >= 15 is 0 Å². The molecule has 0 spiro atoms. The van der Waals surface area contributed by atoms with Crippen molar-refractivity contribution >= 4 is 34.8 Å². The van der Waals surface area contributed by atoms with E-state index in [0.29, 0.717) is 22.9 Å². The second-order valence-electron chi connectivity index (χ2n) is 7.63. The number of hydrogen-bond acceptors (Lipinski definition) is 7. The average Bonchev–Trinajstić information content (AvgIpc) is 3.69. The Morgan fingerprint density at radius 3 is 1.65 bits per heavy atom. The predicted octanol–water partition coefficient (Wildman–Crippen LogP) is 6.01. The van der Waals surface area contributed by atoms with Gasteiger partial charge in [-0.3, -0.25) is 14.4 Å². The van der Waals surface area contributed by atoms with Gasteiger partial charge in [0.15, 0.2) is 17.3 Å². The van der Waals surface area contributed by atoms with Gasteiger partial charge in [-0.15, -0.1) is 0 Å². The number of nitrogens with one attached hydrogen (secondary N) is 3. The van der Waals surface area contributed by atoms with E-state index in [-0.39, 0.29) is 23.0 Å². The normalized spacial score (nSPS) is 10.5. The van der Waals surface area contributed by atoms with Crippen molar-refractivity contribution in [3.05, 3.63) is 115 Å². The van der Waals surface area contributed by atoms with Crippen LogP contribution in [0.5, 0.6) is 11.5 Å². The Hall–Kier alpha value is -5.51. The van der Waals surface area contributed by atoms with E-state index in [1.807, 2.05) is 0 Å². The minimum Gasteiger partial charge on any atom is -0.459 e. The van der Waals surface area contributed by atoms with Crippen LogP contribution in [0.25, 0.3) is 0 Å². The number of carbonyl (C=O) groups is 3. The van der Waals surface area contributed by atoms with Gasteiger partial charge < -0.3 is 33.9 Å². The molecule has 0 aliphatic heterocycles. The summed E-state index contributed by atoms with van der Waals surface area (Å²) in [5.74, 6) is -0.248. The van der Waals surface area contributed by atoms with Gasteiger partial charge in [0.2, 0.25) is 0 Å². The highest BCUT2D eigenvalue weighted by molar-refractivity contribution is 6.08. The fourth-order valence-electron chi connectivity index (χ4n) is 3.36. The molecule has 37 heavy (non-hydrogen) atoms. The number of rotatable bonds is 8. The highest BCUT2D eigenvalue weighted by Crippen LogP contribution is 2.32. The molecule has 0 saturated carbocycles. The summed E-state index contributed by atoms with van der Waals surface area (Å²) in [5, 5.41) is 8.16. The number of hydrogen-bond donors (Lipinski definition) is 3. The Balaban J connectivity index is 1.37. The minimum atomic E-state index is -0.515. The standard InChI is InChI=1S/C27H19N3O7/c31-25(22-7-2-12-34-22)28-17-5-1-6-18(15-17)37-19-10-11-20(29-26(32)23-8-3-13-35-23)21(16-19)30-27(33)24-9-4-14-36-24/h1-16H,(H,28,31)(H,29,32)(H,30,33). The van der Waals surface area contributed by atoms with Gasteiger partial charge >= 0.3 is 0 Å². The lowest BCUT2D eigenvalue weighted by molar-refractivity contribution is 0.0987. The van der Waals surface area contributed by atoms with Crippen LogP contribution in [0.3, 0.4) is 0 Å². The van der Waals surface area contributed by atoms with Crippen LogP contribution < -0.4 is 20.7 Å². The van der Waals surface area contributed by atoms with Gasteiger partial charge in [0.1, 0.15) is 11.5 Å². The van der Waals surface area contributed by atoms with Crippen LogP contribution in [0.2, 0.25) is 0 Å². The van der Waals surface area contributed by atoms with Crippen LogP contribution >= 0.6 is 0 Å². The summed E-state index contributed by atoms with van der Waals surface area (Å²) in [4.78, 5) is 37.4. The van der Waals surface area contributed by atoms with Crippen molar-refractivity contribution in [2.45, 2.75) is 0 Å². The first kappa shape index (κ1) is 23.2. The molecule has 0 bridgehead atoms. The first-order valence-corrected chi connectivity index (χ1v) is 11.0. The summed E-state index contributed by atoms with van der Waals surface area (Å²) in [5.41, 5.74) is 1.07. The molecule has 184 valence electrons. The van der Waals surface area contributed by atoms with E-state index in [2.05, 4.69) is 16.0 Å². The molecule has 3 amide bonds. The third kappa shape index (κ3) is 5.60. The smallest absolute Gasteiger partial charge is 0.291 e. The average molecular weight is 497 g/mol. The summed E-state index contributed by atoms with van der Waals surface area (Å²) in [7, 11) is 0. The molecule has 0 aliphatic carbocycles. The highest BCUT2D eigenvalue weighted by atomic mass is 16.5. The molecule has 3 aromatic heterocycles. The van der Waals surface area contributed by atoms with Crippen LogP contribution in [0.4, 0.5) is 17.1 Å². The maximum atomic E-state index is 12.6. The first-order chi connectivity index (χ1) is 18.0. The number of carbonyl (C=O) groups excluding carboxylic acids is 3. The number of benzene rings is 2. The molecular weight excluding hydrogens is 478 g/mol. The van der Waals surface area contributed by atoms with E-state index in [9.17, 15) is 14.4 Å². The molecule has 0 radical (unpaired) electrons. The lowest BCUT2D eigenvalue weighted by atomic mass is 10.2. The van der Waals surface area contributed by atoms with Crippen molar-refractivity contribution in [3.8, 4) is 11.5 Å². The molecule has 3 heterocycles. The van der Waals surface area contributed by atoms with E-state index in [1.54, 1.807) is 66.7 Å². The van der Waals surface area contributed by atoms with Crippen molar-refractivity contribution in [1.29, 1.82) is 0 Å². The predicted molar refractivity (Wildman–Crippen MR) is 133 cm³/mol. The Morgan fingerprint density at radius 1 is 0.541 bits per heavy atom. The zero-order valence-corrected chi connectivity index (χ0v) is 19.1. The molecule has 5 aromatic rings. The molecule has 5 rings (SSSR count). The maximum absolute atomic E-state index is 12.6. The van der Waals surface area contributed by atoms with Crippen LogP contribution in [0, 0.1) is 0 Å². The van der Waals surface area contributed by atoms with Gasteiger partial charge in [0, 0.05) is 17.8 Å². The van der Waals surface area contributed by atoms with Crippen molar-refractivity contribution in [2.75, 3.05) is 16.0 Å². The van der Waals surface area contributed by atoms with Crippen molar-refractivity contribution in [3.63, 3.8) is 0 Å². The van der Waals surface area contributed by atoms with Crippen LogP contribution in [0.1, 0.15) is 31.7 Å². The highest BCUT2D eigenvalue weighted by Gasteiger charge is 2.17. The van der Waals surface area contributed by atoms with E-state index in [1.165, 1.54) is 30.9 Å². The Bertz CT molecular complexity index is 1520. The number of anilines is 3. The van der Waals surface area contributed by atoms with E-state index < -0.39 is 17.7 Å². The van der Waals surface area contributed by atoms with Gasteiger partial charge in [-0.25, -0.2) is 0 Å². The quantitative estimate of drug-likeness (QED) is 0.239. The van der Waals surface area contributed by atoms with E-state index in [4.69, 9.17) is 18.0 Å². The van der Waals surface area contributed by atoms with Gasteiger partial charge in [0.05, 0.1) is 30.2 Å². The number of furan rings is 3. The van der Waals surface area contributed by atoms with Crippen molar-refractivity contribution in [1.82, 2.24) is 0 Å². The van der Waals surface area contributed by atoms with Gasteiger partial charge in [-0.05, 0) is 60.7 Å². The summed E-state index contributed by atoms with van der Waals surface area (Å²) in [6.07, 6.45) is 4.18. The molecule has 0 aliphatic rings. The Morgan fingerprint density at radius 2 is 1.08 bits per heavy atom. The molecule has 3 N–H and O–H groups in total. The molecule has 0 atom stereocenters. The van der Waals surface area contributed by atoms with Crippen LogP contribution in [-0.4, -0.2) is 17.7 Å². The van der Waals surface area contributed by atoms with Gasteiger partial charge in [-0.1, -0.05) is 6.07 Å². The number of ether oxygens (including phenoxy) is 1. The Kier molecular flexibility index (Phi) is 6.53. The summed E-state index contributed by atoms with van der Waals surface area (Å²) < 4.78 is 21.4. The fourth-order valence-corrected chi connectivity index (χ4v) is 3.36. The zero-order chi connectivity index (χ0) is 25.6. The molecule has 0 fully saturated rings. The molecular formula is C27H19N3O7. The largest absolute Gasteiger partial charge is 0.459 e. The molecule has 10 heteroatoms. The molecule has 0 unspecified atom stereocenters. The third-order valence-electron chi connectivity index (χ3n) is 5.05. The Labute approximate surface area is 209 Å². The van der Waals surface area contributed by atoms with Crippen LogP contribution in [-0.2, 0) is 0 Å². The monoisotopic (exact) mass is 497 g/mol. The fraction of sp³-hybridized carbons (Fsp3) is 0.